The summed E-state index contributed by atoms with van der Waals surface area (Å²) >= 11 is 0. The number of anilines is 2. The average Bonchev–Trinajstić information content (AvgIpc) is 2.28. The Balaban J connectivity index is 1.99. The van der Waals surface area contributed by atoms with Crippen LogP contribution in [0.4, 0.5) is 11.6 Å². The van der Waals surface area contributed by atoms with Crippen molar-refractivity contribution in [3.63, 3.8) is 0 Å². The number of nitrogens with one attached hydrogen (secondary N) is 1. The number of aromatic nitrogens is 2. The Labute approximate surface area is 94.5 Å². The lowest BCUT2D eigenvalue weighted by molar-refractivity contribution is 1.09. The van der Waals surface area contributed by atoms with Crippen molar-refractivity contribution in [2.24, 2.45) is 0 Å². The van der Waals surface area contributed by atoms with Gasteiger partial charge in [0.05, 0.1) is 12.4 Å². The predicted molar refractivity (Wildman–Crippen MR) is 65.0 cm³/mol. The Morgan fingerprint density at radius 1 is 1.25 bits per heavy atom. The summed E-state index contributed by atoms with van der Waals surface area (Å²) in [5.41, 5.74) is 7.93. The maximum atomic E-state index is 5.45. The Morgan fingerprint density at radius 3 is 2.81 bits per heavy atom. The molecule has 1 aromatic heterocycles. The number of hydrogen-bond donors (Lipinski definition) is 2. The molecule has 0 amide bonds. The second-order valence-corrected chi connectivity index (χ2v) is 3.67. The molecular formula is C12H14N4. The van der Waals surface area contributed by atoms with Gasteiger partial charge in [-0.2, -0.15) is 0 Å². The van der Waals surface area contributed by atoms with Crippen molar-refractivity contribution in [2.75, 3.05) is 11.1 Å². The lowest BCUT2D eigenvalue weighted by Gasteiger charge is -2.05. The largest absolute Gasteiger partial charge is 0.382 e. The number of rotatable bonds is 3. The molecule has 1 aromatic carbocycles. The van der Waals surface area contributed by atoms with Crippen molar-refractivity contribution in [3.8, 4) is 0 Å². The fraction of sp³-hybridized carbons (Fsp3) is 0.167. The molecule has 0 unspecified atom stereocenters. The standard InChI is InChI=1S/C12H14N4/c1-9-3-2-4-10(5-9)6-15-12-8-14-11(13)7-16-12/h2-5,7-8H,6H2,1H3,(H2,13,14)(H,15,16). The van der Waals surface area contributed by atoms with Crippen LogP contribution >= 0.6 is 0 Å². The molecule has 0 atom stereocenters. The molecule has 2 aromatic rings. The molecule has 4 nitrogen and oxygen atoms in total. The summed E-state index contributed by atoms with van der Waals surface area (Å²) in [5, 5.41) is 3.19. The van der Waals surface area contributed by atoms with Gasteiger partial charge in [-0.1, -0.05) is 29.8 Å². The summed E-state index contributed by atoms with van der Waals surface area (Å²) in [6.45, 7) is 2.81. The summed E-state index contributed by atoms with van der Waals surface area (Å²) in [5.74, 6) is 1.16. The molecule has 0 fully saturated rings. The highest BCUT2D eigenvalue weighted by Gasteiger charge is 1.96. The highest BCUT2D eigenvalue weighted by atomic mass is 15.0. The zero-order chi connectivity index (χ0) is 11.4. The third kappa shape index (κ3) is 2.70. The smallest absolute Gasteiger partial charge is 0.144 e. The molecule has 1 heterocycles. The van der Waals surface area contributed by atoms with E-state index in [0.29, 0.717) is 5.82 Å². The number of nitrogens with zero attached hydrogens (tertiary/aromatic N) is 2. The predicted octanol–water partition coefficient (Wildman–Crippen LogP) is 1.98. The topological polar surface area (TPSA) is 63.8 Å². The quantitative estimate of drug-likeness (QED) is 0.820. The zero-order valence-electron chi connectivity index (χ0n) is 9.14. The van der Waals surface area contributed by atoms with E-state index in [-0.39, 0.29) is 0 Å². The van der Waals surface area contributed by atoms with Crippen LogP contribution in [0.3, 0.4) is 0 Å². The lowest BCUT2D eigenvalue weighted by atomic mass is 10.1. The monoisotopic (exact) mass is 214 g/mol. The molecule has 0 saturated heterocycles. The molecule has 0 aliphatic heterocycles. The molecule has 82 valence electrons. The molecule has 0 bridgehead atoms. The molecule has 3 N–H and O–H groups in total. The van der Waals surface area contributed by atoms with Gasteiger partial charge in [0, 0.05) is 6.54 Å². The van der Waals surface area contributed by atoms with E-state index in [1.54, 1.807) is 12.4 Å². The molecular weight excluding hydrogens is 200 g/mol. The van der Waals surface area contributed by atoms with Gasteiger partial charge in [-0.25, -0.2) is 9.97 Å². The van der Waals surface area contributed by atoms with E-state index in [1.165, 1.54) is 11.1 Å². The first kappa shape index (κ1) is 10.4. The summed E-state index contributed by atoms with van der Waals surface area (Å²) < 4.78 is 0. The average molecular weight is 214 g/mol. The van der Waals surface area contributed by atoms with Crippen LogP contribution in [0.5, 0.6) is 0 Å². The fourth-order valence-corrected chi connectivity index (χ4v) is 1.44. The highest BCUT2D eigenvalue weighted by Crippen LogP contribution is 2.07. The summed E-state index contributed by atoms with van der Waals surface area (Å²) in [7, 11) is 0. The van der Waals surface area contributed by atoms with Crippen LogP contribution in [0.2, 0.25) is 0 Å². The normalized spacial score (nSPS) is 10.1. The van der Waals surface area contributed by atoms with E-state index < -0.39 is 0 Å². The Bertz CT molecular complexity index is 465. The number of nitrogen functional groups attached to an aromatic ring is 1. The minimum Gasteiger partial charge on any atom is -0.382 e. The Kier molecular flexibility index (Phi) is 3.00. The molecule has 0 saturated carbocycles. The number of aryl methyl sites for hydroxylation is 1. The summed E-state index contributed by atoms with van der Waals surface area (Å²) in [6, 6.07) is 8.33. The van der Waals surface area contributed by atoms with Crippen molar-refractivity contribution < 1.29 is 0 Å². The third-order valence-electron chi connectivity index (χ3n) is 2.23. The summed E-state index contributed by atoms with van der Waals surface area (Å²) in [4.78, 5) is 8.08. The Hall–Kier alpha value is -2.10. The molecule has 0 aliphatic rings. The van der Waals surface area contributed by atoms with Crippen molar-refractivity contribution in [1.82, 2.24) is 9.97 Å². The minimum atomic E-state index is 0.432. The first-order valence-electron chi connectivity index (χ1n) is 5.11. The molecule has 2 rings (SSSR count). The van der Waals surface area contributed by atoms with Crippen LogP contribution in [0, 0.1) is 6.92 Å². The van der Waals surface area contributed by atoms with Gasteiger partial charge in [-0.3, -0.25) is 0 Å². The second-order valence-electron chi connectivity index (χ2n) is 3.67. The highest BCUT2D eigenvalue weighted by molar-refractivity contribution is 5.37. The Morgan fingerprint density at radius 2 is 2.12 bits per heavy atom. The van der Waals surface area contributed by atoms with E-state index in [4.69, 9.17) is 5.73 Å². The van der Waals surface area contributed by atoms with Crippen LogP contribution < -0.4 is 11.1 Å². The number of benzene rings is 1. The summed E-state index contributed by atoms with van der Waals surface area (Å²) in [6.07, 6.45) is 3.17. The minimum absolute atomic E-state index is 0.432. The van der Waals surface area contributed by atoms with E-state index in [1.807, 2.05) is 6.07 Å². The number of hydrogen-bond acceptors (Lipinski definition) is 4. The van der Waals surface area contributed by atoms with Crippen molar-refractivity contribution in [3.05, 3.63) is 47.8 Å². The van der Waals surface area contributed by atoms with E-state index in [2.05, 4.69) is 40.4 Å². The SMILES string of the molecule is Cc1cccc(CNc2cnc(N)cn2)c1. The maximum absolute atomic E-state index is 5.45. The van der Waals surface area contributed by atoms with Gasteiger partial charge in [-0.15, -0.1) is 0 Å². The van der Waals surface area contributed by atoms with E-state index >= 15 is 0 Å². The zero-order valence-corrected chi connectivity index (χ0v) is 9.14. The van der Waals surface area contributed by atoms with Gasteiger partial charge >= 0.3 is 0 Å². The lowest BCUT2D eigenvalue weighted by Crippen LogP contribution is -2.02. The van der Waals surface area contributed by atoms with E-state index in [0.717, 1.165) is 12.4 Å². The third-order valence-corrected chi connectivity index (χ3v) is 2.23. The first-order valence-corrected chi connectivity index (χ1v) is 5.11. The van der Waals surface area contributed by atoms with Crippen LogP contribution in [-0.4, -0.2) is 9.97 Å². The molecule has 0 spiro atoms. The van der Waals surface area contributed by atoms with Crippen LogP contribution in [0.1, 0.15) is 11.1 Å². The van der Waals surface area contributed by atoms with Gasteiger partial charge in [0.25, 0.3) is 0 Å². The van der Waals surface area contributed by atoms with Gasteiger partial charge in [0.2, 0.25) is 0 Å². The van der Waals surface area contributed by atoms with E-state index in [9.17, 15) is 0 Å². The van der Waals surface area contributed by atoms with Gasteiger partial charge < -0.3 is 11.1 Å². The van der Waals surface area contributed by atoms with Crippen LogP contribution in [0.25, 0.3) is 0 Å². The van der Waals surface area contributed by atoms with Gasteiger partial charge in [0.1, 0.15) is 11.6 Å². The number of nitrogens with two attached hydrogens (primary N) is 1. The van der Waals surface area contributed by atoms with Crippen molar-refractivity contribution >= 4 is 11.6 Å². The fourth-order valence-electron chi connectivity index (χ4n) is 1.44. The maximum Gasteiger partial charge on any atom is 0.144 e. The van der Waals surface area contributed by atoms with Crippen molar-refractivity contribution in [2.45, 2.75) is 13.5 Å². The molecule has 0 aliphatic carbocycles. The van der Waals surface area contributed by atoms with Gasteiger partial charge in [-0.05, 0) is 12.5 Å². The molecule has 4 heteroatoms. The van der Waals surface area contributed by atoms with Crippen LogP contribution in [-0.2, 0) is 6.54 Å². The molecule has 0 radical (unpaired) electrons. The molecule has 16 heavy (non-hydrogen) atoms. The van der Waals surface area contributed by atoms with Crippen LogP contribution in [0.15, 0.2) is 36.7 Å². The van der Waals surface area contributed by atoms with Crippen molar-refractivity contribution in [1.29, 1.82) is 0 Å². The first-order chi connectivity index (χ1) is 7.74. The van der Waals surface area contributed by atoms with Gasteiger partial charge in [0.15, 0.2) is 0 Å². The second kappa shape index (κ2) is 4.61.